The molecule has 0 saturated carbocycles. The fourth-order valence-corrected chi connectivity index (χ4v) is 3.45. The average molecular weight is 412 g/mol. The molecule has 0 aliphatic carbocycles. The Bertz CT molecular complexity index is 1180. The van der Waals surface area contributed by atoms with Crippen LogP contribution in [0.25, 0.3) is 11.0 Å². The lowest BCUT2D eigenvalue weighted by Gasteiger charge is -2.25. The van der Waals surface area contributed by atoms with Crippen LogP contribution >= 0.6 is 0 Å². The maximum atomic E-state index is 12.8. The number of hydrogen-bond acceptors (Lipinski definition) is 8. The molecular weight excluding hydrogens is 392 g/mol. The van der Waals surface area contributed by atoms with Crippen molar-refractivity contribution in [3.05, 3.63) is 64.0 Å². The van der Waals surface area contributed by atoms with Gasteiger partial charge in [-0.25, -0.2) is 4.79 Å². The van der Waals surface area contributed by atoms with E-state index in [-0.39, 0.29) is 28.7 Å². The Kier molecular flexibility index (Phi) is 5.77. The predicted octanol–water partition coefficient (Wildman–Crippen LogP) is 2.81. The number of aromatic hydroxyl groups is 3. The molecule has 8 heteroatoms. The molecule has 0 saturated heterocycles. The van der Waals surface area contributed by atoms with Gasteiger partial charge >= 0.3 is 11.6 Å². The molecule has 0 bridgehead atoms. The monoisotopic (exact) mass is 412 g/mol. The molecule has 0 spiro atoms. The van der Waals surface area contributed by atoms with Crippen LogP contribution in [0.1, 0.15) is 30.9 Å². The molecule has 3 N–H and O–H groups in total. The molecule has 2 unspecified atom stereocenters. The highest BCUT2D eigenvalue weighted by Crippen LogP contribution is 2.41. The summed E-state index contributed by atoms with van der Waals surface area (Å²) in [7, 11) is 0. The lowest BCUT2D eigenvalue weighted by Crippen LogP contribution is -2.33. The van der Waals surface area contributed by atoms with Crippen LogP contribution in [0.15, 0.2) is 51.7 Å². The van der Waals surface area contributed by atoms with E-state index in [1.165, 1.54) is 18.2 Å². The van der Waals surface area contributed by atoms with Gasteiger partial charge in [0.1, 0.15) is 23.0 Å². The first-order chi connectivity index (χ1) is 14.3. The van der Waals surface area contributed by atoms with Crippen LogP contribution in [-0.4, -0.2) is 33.7 Å². The van der Waals surface area contributed by atoms with Crippen LogP contribution in [0.4, 0.5) is 0 Å². The van der Waals surface area contributed by atoms with Crippen molar-refractivity contribution in [3.63, 3.8) is 0 Å². The number of para-hydroxylation sites is 1. The number of hydrogen-bond donors (Lipinski definition) is 3. The lowest BCUT2D eigenvalue weighted by atomic mass is 9.78. The van der Waals surface area contributed by atoms with Gasteiger partial charge in [-0.1, -0.05) is 18.2 Å². The predicted molar refractivity (Wildman–Crippen MR) is 107 cm³/mol. The normalized spacial score (nSPS) is 13.0. The standard InChI is InChI=1S/C22H20O8/c1-3-29-21(27)17(11(2)23)18(12-8-9-14(24)15(25)10-12)19-20(26)13-6-4-5-7-16(13)30-22(19)28/h4-10,17-18,24-26H,3H2,1-2H3. The molecule has 1 heterocycles. The molecule has 156 valence electrons. The van der Waals surface area contributed by atoms with E-state index in [2.05, 4.69) is 0 Å². The molecule has 30 heavy (non-hydrogen) atoms. The van der Waals surface area contributed by atoms with Crippen molar-refractivity contribution in [3.8, 4) is 17.2 Å². The van der Waals surface area contributed by atoms with Crippen LogP contribution < -0.4 is 5.63 Å². The largest absolute Gasteiger partial charge is 0.507 e. The molecule has 2 aromatic carbocycles. The fraction of sp³-hybridized carbons (Fsp3) is 0.227. The Morgan fingerprint density at radius 3 is 2.40 bits per heavy atom. The Balaban J connectivity index is 2.36. The summed E-state index contributed by atoms with van der Waals surface area (Å²) in [6.07, 6.45) is 0. The summed E-state index contributed by atoms with van der Waals surface area (Å²) in [5.41, 5.74) is -1.01. The van der Waals surface area contributed by atoms with Gasteiger partial charge in [0.05, 0.1) is 17.6 Å². The van der Waals surface area contributed by atoms with Crippen molar-refractivity contribution in [2.75, 3.05) is 6.61 Å². The summed E-state index contributed by atoms with van der Waals surface area (Å²) in [6, 6.07) is 9.87. The highest BCUT2D eigenvalue weighted by atomic mass is 16.5. The second kappa shape index (κ2) is 8.28. The number of ketones is 1. The molecule has 8 nitrogen and oxygen atoms in total. The average Bonchev–Trinajstić information content (AvgIpc) is 2.69. The third-order valence-electron chi connectivity index (χ3n) is 4.80. The molecule has 0 aliphatic heterocycles. The quantitative estimate of drug-likeness (QED) is 0.243. The van der Waals surface area contributed by atoms with Crippen LogP contribution in [0.5, 0.6) is 17.2 Å². The molecular formula is C22H20O8. The minimum atomic E-state index is -1.50. The van der Waals surface area contributed by atoms with Crippen LogP contribution in [-0.2, 0) is 14.3 Å². The maximum absolute atomic E-state index is 12.8. The highest BCUT2D eigenvalue weighted by molar-refractivity contribution is 6.00. The number of phenolic OH excluding ortho intramolecular Hbond substituents is 2. The van der Waals surface area contributed by atoms with E-state index in [1.807, 2.05) is 0 Å². The molecule has 2 atom stereocenters. The minimum absolute atomic E-state index is 0.00549. The summed E-state index contributed by atoms with van der Waals surface area (Å²) < 4.78 is 10.3. The van der Waals surface area contributed by atoms with Gasteiger partial charge in [0.25, 0.3) is 0 Å². The third-order valence-corrected chi connectivity index (χ3v) is 4.80. The Labute approximate surface area is 171 Å². The summed E-state index contributed by atoms with van der Waals surface area (Å²) in [4.78, 5) is 37.9. The van der Waals surface area contributed by atoms with Gasteiger partial charge in [0, 0.05) is 5.92 Å². The fourth-order valence-electron chi connectivity index (χ4n) is 3.45. The summed E-state index contributed by atoms with van der Waals surface area (Å²) in [6.45, 7) is 2.72. The molecule has 0 amide bonds. The molecule has 1 aromatic heterocycles. The Hall–Kier alpha value is -3.81. The highest BCUT2D eigenvalue weighted by Gasteiger charge is 2.40. The lowest BCUT2D eigenvalue weighted by molar-refractivity contribution is -0.151. The molecule has 0 aliphatic rings. The first-order valence-corrected chi connectivity index (χ1v) is 9.19. The van der Waals surface area contributed by atoms with Gasteiger partial charge in [0.2, 0.25) is 0 Å². The number of esters is 1. The smallest absolute Gasteiger partial charge is 0.343 e. The van der Waals surface area contributed by atoms with Gasteiger partial charge < -0.3 is 24.5 Å². The third kappa shape index (κ3) is 3.71. The summed E-state index contributed by atoms with van der Waals surface area (Å²) in [5.74, 6) is -5.73. The zero-order valence-electron chi connectivity index (χ0n) is 16.3. The first kappa shape index (κ1) is 20.9. The van der Waals surface area contributed by atoms with E-state index in [9.17, 15) is 29.7 Å². The van der Waals surface area contributed by atoms with Crippen molar-refractivity contribution in [1.82, 2.24) is 0 Å². The second-order valence-electron chi connectivity index (χ2n) is 6.71. The van der Waals surface area contributed by atoms with Gasteiger partial charge in [0.15, 0.2) is 11.5 Å². The number of carbonyl (C=O) groups excluding carboxylic acids is 2. The molecule has 0 fully saturated rings. The van der Waals surface area contributed by atoms with Crippen molar-refractivity contribution >= 4 is 22.7 Å². The first-order valence-electron chi connectivity index (χ1n) is 9.19. The zero-order valence-corrected chi connectivity index (χ0v) is 16.3. The van der Waals surface area contributed by atoms with Gasteiger partial charge in [-0.2, -0.15) is 0 Å². The number of ether oxygens (including phenoxy) is 1. The van der Waals surface area contributed by atoms with Crippen LogP contribution in [0, 0.1) is 5.92 Å². The van der Waals surface area contributed by atoms with Crippen molar-refractivity contribution in [2.24, 2.45) is 5.92 Å². The maximum Gasteiger partial charge on any atom is 0.343 e. The number of benzene rings is 2. The van der Waals surface area contributed by atoms with Crippen molar-refractivity contribution in [1.29, 1.82) is 0 Å². The Morgan fingerprint density at radius 2 is 1.77 bits per heavy atom. The van der Waals surface area contributed by atoms with Gasteiger partial charge in [-0.15, -0.1) is 0 Å². The number of phenols is 2. The van der Waals surface area contributed by atoms with Crippen molar-refractivity contribution in [2.45, 2.75) is 19.8 Å². The minimum Gasteiger partial charge on any atom is -0.507 e. The molecule has 0 radical (unpaired) electrons. The summed E-state index contributed by atoms with van der Waals surface area (Å²) >= 11 is 0. The van der Waals surface area contributed by atoms with E-state index in [1.54, 1.807) is 19.1 Å². The van der Waals surface area contributed by atoms with Crippen molar-refractivity contribution < 1.29 is 34.1 Å². The van der Waals surface area contributed by atoms with E-state index in [4.69, 9.17) is 9.15 Å². The number of Topliss-reactive ketones (excluding diaryl/α,β-unsaturated/α-hetero) is 1. The van der Waals surface area contributed by atoms with E-state index in [0.717, 1.165) is 19.1 Å². The van der Waals surface area contributed by atoms with E-state index >= 15 is 0 Å². The topological polar surface area (TPSA) is 134 Å². The van der Waals surface area contributed by atoms with Gasteiger partial charge in [-0.3, -0.25) is 9.59 Å². The summed E-state index contributed by atoms with van der Waals surface area (Å²) in [5, 5.41) is 30.7. The molecule has 3 rings (SSSR count). The zero-order chi connectivity index (χ0) is 22.0. The number of fused-ring (bicyclic) bond motifs is 1. The van der Waals surface area contributed by atoms with E-state index in [0.29, 0.717) is 0 Å². The Morgan fingerprint density at radius 1 is 1.07 bits per heavy atom. The van der Waals surface area contributed by atoms with Gasteiger partial charge in [-0.05, 0) is 43.7 Å². The molecule has 3 aromatic rings. The SMILES string of the molecule is CCOC(=O)C(C(C)=O)C(c1ccc(O)c(O)c1)c1c(O)c2ccccc2oc1=O. The number of rotatable bonds is 6. The van der Waals surface area contributed by atoms with Crippen LogP contribution in [0.3, 0.4) is 0 Å². The number of carbonyl (C=O) groups is 2. The van der Waals surface area contributed by atoms with Crippen LogP contribution in [0.2, 0.25) is 0 Å². The van der Waals surface area contributed by atoms with E-state index < -0.39 is 46.5 Å². The second-order valence-corrected chi connectivity index (χ2v) is 6.71.